The van der Waals surface area contributed by atoms with Gasteiger partial charge in [0.15, 0.2) is 6.73 Å². The maximum Gasteiger partial charge on any atom is 0.267 e. The molecule has 1 aromatic rings. The summed E-state index contributed by atoms with van der Waals surface area (Å²) in [5.41, 5.74) is -1.61. The van der Waals surface area contributed by atoms with Gasteiger partial charge in [0.05, 0.1) is 5.69 Å². The number of nitrogens with zero attached hydrogens (tertiary/aromatic N) is 1. The van der Waals surface area contributed by atoms with Gasteiger partial charge in [-0.05, 0) is 32.9 Å². The fourth-order valence-electron chi connectivity index (χ4n) is 2.33. The number of amides is 2. The zero-order valence-corrected chi connectivity index (χ0v) is 16.2. The van der Waals surface area contributed by atoms with Crippen molar-refractivity contribution in [2.24, 2.45) is 0 Å². The molecule has 1 aliphatic rings. The number of anilines is 1. The van der Waals surface area contributed by atoms with E-state index in [9.17, 15) is 18.4 Å². The van der Waals surface area contributed by atoms with Gasteiger partial charge in [-0.1, -0.05) is 13.8 Å². The number of rotatable bonds is 5. The molecule has 0 atom stereocenters. The van der Waals surface area contributed by atoms with Crippen molar-refractivity contribution >= 4 is 29.3 Å². The van der Waals surface area contributed by atoms with Gasteiger partial charge in [-0.15, -0.1) is 11.8 Å². The summed E-state index contributed by atoms with van der Waals surface area (Å²) in [6.07, 6.45) is 0. The van der Waals surface area contributed by atoms with Gasteiger partial charge >= 0.3 is 0 Å². The van der Waals surface area contributed by atoms with Crippen LogP contribution in [-0.2, 0) is 14.3 Å². The lowest BCUT2D eigenvalue weighted by Gasteiger charge is -2.40. The first kappa shape index (κ1) is 20.2. The lowest BCUT2D eigenvalue weighted by Crippen LogP contribution is -2.57. The van der Waals surface area contributed by atoms with Crippen LogP contribution in [0.15, 0.2) is 28.9 Å². The molecule has 0 saturated heterocycles. The molecule has 0 aliphatic carbocycles. The Morgan fingerprint density at radius 1 is 1.35 bits per heavy atom. The van der Waals surface area contributed by atoms with Crippen molar-refractivity contribution in [2.75, 3.05) is 12.0 Å². The molecule has 26 heavy (non-hydrogen) atoms. The minimum atomic E-state index is -1.33. The zero-order chi connectivity index (χ0) is 19.6. The van der Waals surface area contributed by atoms with Crippen LogP contribution in [0.2, 0.25) is 0 Å². The van der Waals surface area contributed by atoms with E-state index in [4.69, 9.17) is 4.74 Å². The van der Waals surface area contributed by atoms with Crippen LogP contribution in [0.1, 0.15) is 34.6 Å². The van der Waals surface area contributed by atoms with Crippen LogP contribution in [0.3, 0.4) is 0 Å². The lowest BCUT2D eigenvalue weighted by atomic mass is 10.0. The number of carbonyl (C=O) groups is 2. The number of thioether (sulfide) groups is 1. The zero-order valence-electron chi connectivity index (χ0n) is 15.4. The van der Waals surface area contributed by atoms with Crippen molar-refractivity contribution in [1.82, 2.24) is 4.90 Å². The van der Waals surface area contributed by atoms with Crippen LogP contribution in [-0.4, -0.2) is 34.2 Å². The van der Waals surface area contributed by atoms with Crippen molar-refractivity contribution in [3.05, 3.63) is 40.5 Å². The average molecular weight is 384 g/mol. The molecule has 8 heteroatoms. The number of allylic oxidation sites excluding steroid dienone is 1. The van der Waals surface area contributed by atoms with Crippen molar-refractivity contribution in [3.8, 4) is 0 Å². The second kappa shape index (κ2) is 7.65. The predicted octanol–water partition coefficient (Wildman–Crippen LogP) is 3.87. The Labute approximate surface area is 155 Å². The molecule has 2 amide bonds. The maximum atomic E-state index is 13.8. The van der Waals surface area contributed by atoms with Crippen LogP contribution >= 0.6 is 11.8 Å². The van der Waals surface area contributed by atoms with Gasteiger partial charge in [-0.3, -0.25) is 14.5 Å². The quantitative estimate of drug-likeness (QED) is 0.837. The molecule has 142 valence electrons. The molecule has 5 nitrogen and oxygen atoms in total. The number of halogens is 2. The standard InChI is InChI=1S/C18H22F2N2O3S/c1-10(2)26-15-11(3)25-9-22(16(15)23)18(4,5)17(24)21-14-8-12(19)6-7-13(14)20/h6-8,10H,9H2,1-5H3,(H,21,24). The molecule has 0 fully saturated rings. The summed E-state index contributed by atoms with van der Waals surface area (Å²) >= 11 is 1.35. The first-order valence-corrected chi connectivity index (χ1v) is 9.00. The Bertz CT molecular complexity index is 763. The third-order valence-electron chi connectivity index (χ3n) is 3.93. The second-order valence-electron chi connectivity index (χ2n) is 6.70. The van der Waals surface area contributed by atoms with E-state index < -0.39 is 23.1 Å². The van der Waals surface area contributed by atoms with Gasteiger partial charge in [0, 0.05) is 11.3 Å². The van der Waals surface area contributed by atoms with Crippen LogP contribution < -0.4 is 5.32 Å². The van der Waals surface area contributed by atoms with Crippen LogP contribution in [0.5, 0.6) is 0 Å². The van der Waals surface area contributed by atoms with Crippen molar-refractivity contribution in [1.29, 1.82) is 0 Å². The van der Waals surface area contributed by atoms with E-state index in [-0.39, 0.29) is 23.6 Å². The Hall–Kier alpha value is -2.09. The fourth-order valence-corrected chi connectivity index (χ4v) is 3.24. The molecular formula is C18H22F2N2O3S. The van der Waals surface area contributed by atoms with E-state index in [1.54, 1.807) is 6.92 Å². The van der Waals surface area contributed by atoms with E-state index >= 15 is 0 Å². The highest BCUT2D eigenvalue weighted by Gasteiger charge is 2.42. The molecule has 1 heterocycles. The summed E-state index contributed by atoms with van der Waals surface area (Å²) in [6, 6.07) is 2.78. The van der Waals surface area contributed by atoms with Gasteiger partial charge in [0.1, 0.15) is 27.8 Å². The van der Waals surface area contributed by atoms with E-state index in [1.165, 1.54) is 30.5 Å². The maximum absolute atomic E-state index is 13.8. The smallest absolute Gasteiger partial charge is 0.267 e. The summed E-state index contributed by atoms with van der Waals surface area (Å²) in [7, 11) is 0. The van der Waals surface area contributed by atoms with E-state index in [0.29, 0.717) is 10.7 Å². The van der Waals surface area contributed by atoms with Crippen LogP contribution in [0, 0.1) is 11.6 Å². The van der Waals surface area contributed by atoms with Crippen molar-refractivity contribution < 1.29 is 23.1 Å². The Kier molecular flexibility index (Phi) is 5.95. The van der Waals surface area contributed by atoms with E-state index in [1.807, 2.05) is 13.8 Å². The first-order valence-electron chi connectivity index (χ1n) is 8.13. The molecular weight excluding hydrogens is 362 g/mol. The molecule has 0 saturated carbocycles. The number of ether oxygens (including phenoxy) is 1. The summed E-state index contributed by atoms with van der Waals surface area (Å²) in [4.78, 5) is 27.2. The first-order chi connectivity index (χ1) is 12.0. The van der Waals surface area contributed by atoms with Gasteiger partial charge in [0.25, 0.3) is 5.91 Å². The van der Waals surface area contributed by atoms with Gasteiger partial charge < -0.3 is 10.1 Å². The third-order valence-corrected chi connectivity index (χ3v) is 5.10. The predicted molar refractivity (Wildman–Crippen MR) is 97.3 cm³/mol. The molecule has 0 spiro atoms. The summed E-state index contributed by atoms with van der Waals surface area (Å²) in [5, 5.41) is 2.51. The molecule has 1 aromatic carbocycles. The fraction of sp³-hybridized carbons (Fsp3) is 0.444. The minimum absolute atomic E-state index is 0.0983. The van der Waals surface area contributed by atoms with Gasteiger partial charge in [0.2, 0.25) is 5.91 Å². The number of hydrogen-bond acceptors (Lipinski definition) is 4. The Morgan fingerprint density at radius 3 is 2.62 bits per heavy atom. The number of carbonyl (C=O) groups excluding carboxylic acids is 2. The molecule has 0 radical (unpaired) electrons. The highest BCUT2D eigenvalue weighted by molar-refractivity contribution is 8.04. The summed E-state index contributed by atoms with van der Waals surface area (Å²) < 4.78 is 32.7. The highest BCUT2D eigenvalue weighted by atomic mass is 32.2. The van der Waals surface area contributed by atoms with Gasteiger partial charge in [-0.2, -0.15) is 0 Å². The van der Waals surface area contributed by atoms with Crippen LogP contribution in [0.4, 0.5) is 14.5 Å². The topological polar surface area (TPSA) is 58.6 Å². The van der Waals surface area contributed by atoms with E-state index in [0.717, 1.165) is 18.2 Å². The monoisotopic (exact) mass is 384 g/mol. The van der Waals surface area contributed by atoms with Gasteiger partial charge in [-0.25, -0.2) is 8.78 Å². The summed E-state index contributed by atoms with van der Waals surface area (Å²) in [5.74, 6) is -1.90. The Balaban J connectivity index is 2.24. The van der Waals surface area contributed by atoms with Crippen molar-refractivity contribution in [3.63, 3.8) is 0 Å². The van der Waals surface area contributed by atoms with Crippen molar-refractivity contribution in [2.45, 2.75) is 45.4 Å². The number of benzene rings is 1. The average Bonchev–Trinajstić information content (AvgIpc) is 2.54. The second-order valence-corrected chi connectivity index (χ2v) is 8.28. The molecule has 1 aliphatic heterocycles. The lowest BCUT2D eigenvalue weighted by molar-refractivity contribution is -0.148. The minimum Gasteiger partial charge on any atom is -0.476 e. The van der Waals surface area contributed by atoms with E-state index in [2.05, 4.69) is 5.32 Å². The highest BCUT2D eigenvalue weighted by Crippen LogP contribution is 2.33. The normalized spacial score (nSPS) is 15.4. The SMILES string of the molecule is CC1=C(SC(C)C)C(=O)N(C(C)(C)C(=O)Nc2cc(F)ccc2F)CO1. The number of nitrogens with one attached hydrogen (secondary N) is 1. The number of hydrogen-bond donors (Lipinski definition) is 1. The molecule has 1 N–H and O–H groups in total. The Morgan fingerprint density at radius 2 is 2.00 bits per heavy atom. The summed E-state index contributed by atoms with van der Waals surface area (Å²) in [6.45, 7) is 8.55. The molecule has 0 unspecified atom stereocenters. The van der Waals surface area contributed by atoms with Crippen LogP contribution in [0.25, 0.3) is 0 Å². The molecule has 0 aromatic heterocycles. The third kappa shape index (κ3) is 4.17. The largest absolute Gasteiger partial charge is 0.476 e. The molecule has 0 bridgehead atoms. The molecule has 2 rings (SSSR count).